The van der Waals surface area contributed by atoms with Gasteiger partial charge in [-0.05, 0) is 18.9 Å². The van der Waals surface area contributed by atoms with Crippen molar-refractivity contribution in [2.75, 3.05) is 20.3 Å². The number of nitrogens with one attached hydrogen (secondary N) is 2. The number of carbonyl (C=O) groups is 1. The number of aromatic nitrogens is 1. The highest BCUT2D eigenvalue weighted by Crippen LogP contribution is 1.93. The highest BCUT2D eigenvalue weighted by atomic mass is 16.5. The number of methoxy groups -OCH3 is 1. The Labute approximate surface area is 93.8 Å². The fraction of sp³-hybridized carbons (Fsp3) is 0.455. The van der Waals surface area contributed by atoms with Crippen LogP contribution < -0.4 is 10.9 Å². The van der Waals surface area contributed by atoms with E-state index in [1.165, 1.54) is 12.3 Å². The molecule has 0 aromatic carbocycles. The Balaban J connectivity index is 2.33. The minimum atomic E-state index is -0.271. The third kappa shape index (κ3) is 4.27. The first-order valence-electron chi connectivity index (χ1n) is 5.20. The number of hydrogen-bond donors (Lipinski definition) is 2. The van der Waals surface area contributed by atoms with Gasteiger partial charge in [0.1, 0.15) is 0 Å². The van der Waals surface area contributed by atoms with Crippen LogP contribution in [0.2, 0.25) is 0 Å². The third-order valence-corrected chi connectivity index (χ3v) is 2.10. The summed E-state index contributed by atoms with van der Waals surface area (Å²) in [6, 6.07) is 2.86. The van der Waals surface area contributed by atoms with Crippen LogP contribution >= 0.6 is 0 Å². The van der Waals surface area contributed by atoms with Gasteiger partial charge in [0.2, 0.25) is 5.56 Å². The summed E-state index contributed by atoms with van der Waals surface area (Å²) in [6.07, 6.45) is 3.23. The molecule has 0 fully saturated rings. The monoisotopic (exact) mass is 224 g/mol. The molecule has 0 saturated heterocycles. The Morgan fingerprint density at radius 1 is 1.50 bits per heavy atom. The number of amides is 1. The maximum Gasteiger partial charge on any atom is 0.251 e. The van der Waals surface area contributed by atoms with E-state index in [0.717, 1.165) is 12.8 Å². The van der Waals surface area contributed by atoms with Crippen molar-refractivity contribution in [2.45, 2.75) is 12.8 Å². The molecule has 0 saturated carbocycles. The van der Waals surface area contributed by atoms with Crippen molar-refractivity contribution in [1.29, 1.82) is 0 Å². The number of carbonyl (C=O) groups excluding carboxylic acids is 1. The number of unbranched alkanes of at least 4 members (excludes halogenated alkanes) is 1. The molecule has 1 heterocycles. The average molecular weight is 224 g/mol. The van der Waals surface area contributed by atoms with Gasteiger partial charge in [0.05, 0.1) is 0 Å². The lowest BCUT2D eigenvalue weighted by atomic mass is 10.2. The summed E-state index contributed by atoms with van der Waals surface area (Å²) in [7, 11) is 1.65. The number of H-pyrrole nitrogens is 1. The lowest BCUT2D eigenvalue weighted by molar-refractivity contribution is 0.0951. The molecule has 1 aromatic rings. The van der Waals surface area contributed by atoms with E-state index in [0.29, 0.717) is 18.7 Å². The van der Waals surface area contributed by atoms with E-state index in [1.807, 2.05) is 0 Å². The molecule has 5 heteroatoms. The van der Waals surface area contributed by atoms with Crippen molar-refractivity contribution < 1.29 is 9.53 Å². The number of aromatic amines is 1. The van der Waals surface area contributed by atoms with Crippen molar-refractivity contribution in [2.24, 2.45) is 0 Å². The van der Waals surface area contributed by atoms with Gasteiger partial charge >= 0.3 is 0 Å². The molecular weight excluding hydrogens is 208 g/mol. The van der Waals surface area contributed by atoms with E-state index in [1.54, 1.807) is 13.2 Å². The van der Waals surface area contributed by atoms with Crippen LogP contribution in [0.3, 0.4) is 0 Å². The van der Waals surface area contributed by atoms with E-state index in [2.05, 4.69) is 10.3 Å². The maximum atomic E-state index is 11.5. The van der Waals surface area contributed by atoms with Gasteiger partial charge in [-0.2, -0.15) is 0 Å². The first kappa shape index (κ1) is 12.4. The number of ether oxygens (including phenoxy) is 1. The molecule has 0 unspecified atom stereocenters. The maximum absolute atomic E-state index is 11.5. The predicted octanol–water partition coefficient (Wildman–Crippen LogP) is 0.531. The molecule has 88 valence electrons. The third-order valence-electron chi connectivity index (χ3n) is 2.10. The topological polar surface area (TPSA) is 71.2 Å². The molecule has 16 heavy (non-hydrogen) atoms. The highest BCUT2D eigenvalue weighted by Gasteiger charge is 2.04. The minimum absolute atomic E-state index is 0.219. The average Bonchev–Trinajstić information content (AvgIpc) is 2.28. The summed E-state index contributed by atoms with van der Waals surface area (Å²) in [5.41, 5.74) is 0.113. The van der Waals surface area contributed by atoms with E-state index in [-0.39, 0.29) is 11.5 Å². The molecule has 5 nitrogen and oxygen atoms in total. The molecule has 0 aliphatic rings. The first-order valence-corrected chi connectivity index (χ1v) is 5.20. The van der Waals surface area contributed by atoms with Gasteiger partial charge < -0.3 is 15.0 Å². The summed E-state index contributed by atoms with van der Waals surface area (Å²) in [6.45, 7) is 1.29. The van der Waals surface area contributed by atoms with E-state index in [4.69, 9.17) is 4.74 Å². The molecule has 0 aliphatic heterocycles. The number of pyridine rings is 1. The quantitative estimate of drug-likeness (QED) is 0.692. The van der Waals surface area contributed by atoms with E-state index < -0.39 is 0 Å². The summed E-state index contributed by atoms with van der Waals surface area (Å²) in [5.74, 6) is -0.219. The Kier molecular flexibility index (Phi) is 5.28. The van der Waals surface area contributed by atoms with Crippen molar-refractivity contribution in [3.05, 3.63) is 34.2 Å². The van der Waals surface area contributed by atoms with Gasteiger partial charge in [0, 0.05) is 38.1 Å². The zero-order valence-electron chi connectivity index (χ0n) is 9.29. The van der Waals surface area contributed by atoms with Gasteiger partial charge in [-0.3, -0.25) is 9.59 Å². The van der Waals surface area contributed by atoms with Gasteiger partial charge in [0.15, 0.2) is 0 Å². The van der Waals surface area contributed by atoms with Crippen LogP contribution in [-0.2, 0) is 4.74 Å². The molecule has 0 bridgehead atoms. The van der Waals surface area contributed by atoms with Gasteiger partial charge in [-0.15, -0.1) is 0 Å². The van der Waals surface area contributed by atoms with E-state index >= 15 is 0 Å². The number of hydrogen-bond acceptors (Lipinski definition) is 3. The second kappa shape index (κ2) is 6.79. The summed E-state index contributed by atoms with van der Waals surface area (Å²) < 4.78 is 4.89. The Morgan fingerprint density at radius 3 is 3.00 bits per heavy atom. The molecule has 2 N–H and O–H groups in total. The normalized spacial score (nSPS) is 10.1. The molecule has 1 aromatic heterocycles. The second-order valence-electron chi connectivity index (χ2n) is 3.40. The molecular formula is C11H16N2O3. The van der Waals surface area contributed by atoms with Crippen LogP contribution in [-0.4, -0.2) is 31.2 Å². The molecule has 1 rings (SSSR count). The van der Waals surface area contributed by atoms with Gasteiger partial charge in [-0.25, -0.2) is 0 Å². The Bertz CT molecular complexity index is 387. The lowest BCUT2D eigenvalue weighted by Crippen LogP contribution is -2.25. The molecule has 0 aliphatic carbocycles. The summed E-state index contributed by atoms with van der Waals surface area (Å²) in [4.78, 5) is 25.0. The van der Waals surface area contributed by atoms with Crippen LogP contribution in [0.25, 0.3) is 0 Å². The Hall–Kier alpha value is -1.62. The van der Waals surface area contributed by atoms with Crippen molar-refractivity contribution >= 4 is 5.91 Å². The van der Waals surface area contributed by atoms with Crippen LogP contribution in [0, 0.1) is 0 Å². The first-order chi connectivity index (χ1) is 7.74. The lowest BCUT2D eigenvalue weighted by Gasteiger charge is -2.04. The van der Waals surface area contributed by atoms with Gasteiger partial charge in [-0.1, -0.05) is 0 Å². The van der Waals surface area contributed by atoms with Crippen LogP contribution in [0.5, 0.6) is 0 Å². The fourth-order valence-electron chi connectivity index (χ4n) is 1.26. The Morgan fingerprint density at radius 2 is 2.31 bits per heavy atom. The predicted molar refractivity (Wildman–Crippen MR) is 60.5 cm³/mol. The minimum Gasteiger partial charge on any atom is -0.385 e. The highest BCUT2D eigenvalue weighted by molar-refractivity contribution is 5.93. The largest absolute Gasteiger partial charge is 0.385 e. The number of rotatable bonds is 6. The smallest absolute Gasteiger partial charge is 0.251 e. The molecule has 1 amide bonds. The molecule has 0 atom stereocenters. The van der Waals surface area contributed by atoms with Crippen LogP contribution in [0.1, 0.15) is 23.2 Å². The second-order valence-corrected chi connectivity index (χ2v) is 3.40. The fourth-order valence-corrected chi connectivity index (χ4v) is 1.26. The summed E-state index contributed by atoms with van der Waals surface area (Å²) in [5, 5.41) is 2.74. The van der Waals surface area contributed by atoms with Crippen molar-refractivity contribution in [1.82, 2.24) is 10.3 Å². The van der Waals surface area contributed by atoms with Crippen molar-refractivity contribution in [3.8, 4) is 0 Å². The van der Waals surface area contributed by atoms with Crippen LogP contribution in [0.4, 0.5) is 0 Å². The SMILES string of the molecule is COCCCCNC(=O)c1cc[nH]c(=O)c1. The molecule has 0 radical (unpaired) electrons. The van der Waals surface area contributed by atoms with Gasteiger partial charge in [0.25, 0.3) is 5.91 Å². The zero-order valence-corrected chi connectivity index (χ0v) is 9.29. The molecule has 0 spiro atoms. The van der Waals surface area contributed by atoms with E-state index in [9.17, 15) is 9.59 Å². The van der Waals surface area contributed by atoms with Crippen molar-refractivity contribution in [3.63, 3.8) is 0 Å². The summed E-state index contributed by atoms with van der Waals surface area (Å²) >= 11 is 0. The zero-order chi connectivity index (χ0) is 11.8. The standard InChI is InChI=1S/C11H16N2O3/c1-16-7-3-2-5-13-11(15)9-4-6-12-10(14)8-9/h4,6,8H,2-3,5,7H2,1H3,(H,12,14)(H,13,15). The van der Waals surface area contributed by atoms with Crippen LogP contribution in [0.15, 0.2) is 23.1 Å².